The molecule has 0 atom stereocenters. The summed E-state index contributed by atoms with van der Waals surface area (Å²) in [5.74, 6) is 0. The fraction of sp³-hybridized carbons (Fsp3) is 0. The van der Waals surface area contributed by atoms with Crippen molar-refractivity contribution in [2.75, 3.05) is 0 Å². The fourth-order valence-electron chi connectivity index (χ4n) is 0. The molecule has 0 rings (SSSR count). The number of hydrogen-bond acceptors (Lipinski definition) is 0. The minimum atomic E-state index is 0. The van der Waals surface area contributed by atoms with E-state index in [1.165, 1.54) is 0 Å². The molecule has 0 saturated carbocycles. The van der Waals surface area contributed by atoms with Gasteiger partial charge in [-0.1, -0.05) is 0 Å². The maximum atomic E-state index is 0. The molecule has 0 nitrogen and oxygen atoms in total. The second kappa shape index (κ2) is 55.5. The predicted octanol–water partition coefficient (Wildman–Crippen LogP) is -0.0200. The molecule has 0 unspecified atom stereocenters. The van der Waals surface area contributed by atoms with Crippen LogP contribution in [0.15, 0.2) is 0 Å². The van der Waals surface area contributed by atoms with Gasteiger partial charge in [-0.2, -0.15) is 0 Å². The third-order valence-electron chi connectivity index (χ3n) is 0. The first kappa shape index (κ1) is 71.0. The Bertz CT molecular complexity index is 24.0. The first-order chi connectivity index (χ1) is 0. The monoisotopic (exact) mass is 1190 g/mol. The largest absolute Gasteiger partial charge is 0 e. The fourth-order valence-corrected chi connectivity index (χ4v) is 0. The van der Waals surface area contributed by atoms with E-state index in [1.54, 1.807) is 0 Å². The summed E-state index contributed by atoms with van der Waals surface area (Å²) in [4.78, 5) is 0. The average molecular weight is 1190 g/mol. The quantitative estimate of drug-likeness (QED) is 0.300. The summed E-state index contributed by atoms with van der Waals surface area (Å²) in [7, 11) is 0. The minimum Gasteiger partial charge on any atom is 0 e. The molecule has 0 bridgehead atoms. The van der Waals surface area contributed by atoms with Gasteiger partial charge in [0.25, 0.3) is 0 Å². The van der Waals surface area contributed by atoms with Crippen LogP contribution in [0.25, 0.3) is 0 Å². The molecule has 4 radical (unpaired) electrons. The van der Waals surface area contributed by atoms with Gasteiger partial charge in [0, 0.05) is 165 Å². The van der Waals surface area contributed by atoms with Gasteiger partial charge < -0.3 is 0 Å². The predicted molar refractivity (Wildman–Crippen MR) is 0 cm³/mol. The van der Waals surface area contributed by atoms with Gasteiger partial charge in [-0.25, -0.2) is 0 Å². The second-order valence-electron chi connectivity index (χ2n) is 0. The van der Waals surface area contributed by atoms with Gasteiger partial charge in [0.1, 0.15) is 0 Å². The normalized spacial score (nSPS) is 0. The SMILES string of the molecule is [Ag].[Au].[Ir].[Os].[Pd].[Pt].[Rh].[Ru]. The van der Waals surface area contributed by atoms with Gasteiger partial charge in [-0.3, -0.25) is 0 Å². The van der Waals surface area contributed by atoms with Crippen molar-refractivity contribution in [3.8, 4) is 0 Å². The van der Waals surface area contributed by atoms with E-state index in [9.17, 15) is 0 Å². The summed E-state index contributed by atoms with van der Waals surface area (Å²) in [6, 6.07) is 0. The van der Waals surface area contributed by atoms with Gasteiger partial charge in [-0.15, -0.1) is 0 Å². The summed E-state index contributed by atoms with van der Waals surface area (Å²) in [5, 5.41) is 0. The van der Waals surface area contributed by atoms with Gasteiger partial charge in [0.15, 0.2) is 0 Å². The Kier molecular flexibility index (Phi) is 493. The molecule has 0 aliphatic heterocycles. The topological polar surface area (TPSA) is 0 Å². The third-order valence-corrected chi connectivity index (χ3v) is 0. The number of hydrogen-bond donors (Lipinski definition) is 0. The van der Waals surface area contributed by atoms with Crippen LogP contribution >= 0.6 is 0 Å². The maximum Gasteiger partial charge on any atom is 0 e. The second-order valence-corrected chi connectivity index (χ2v) is 0. The Morgan fingerprint density at radius 3 is 1.00 bits per heavy atom. The maximum absolute atomic E-state index is 0. The van der Waals surface area contributed by atoms with E-state index in [-0.39, 0.29) is 165 Å². The molecule has 0 spiro atoms. The van der Waals surface area contributed by atoms with E-state index >= 15 is 0 Å². The Morgan fingerprint density at radius 1 is 1.00 bits per heavy atom. The molecule has 0 N–H and O–H groups in total. The van der Waals surface area contributed by atoms with Crippen LogP contribution in [0.2, 0.25) is 0 Å². The van der Waals surface area contributed by atoms with E-state index in [4.69, 9.17) is 0 Å². The van der Waals surface area contributed by atoms with E-state index < -0.39 is 0 Å². The molecule has 0 amide bonds. The van der Waals surface area contributed by atoms with Crippen LogP contribution in [0.5, 0.6) is 0 Å². The Morgan fingerprint density at radius 2 is 1.00 bits per heavy atom. The standard InChI is InChI=1S/Ag.Au.Ir.Os.Pd.Pt.Rh.Ru. The molecular formula is AgAuIrOsPdPtRhRu. The molecule has 8 heteroatoms. The van der Waals surface area contributed by atoms with E-state index in [0.717, 1.165) is 0 Å². The van der Waals surface area contributed by atoms with Crippen molar-refractivity contribution in [2.45, 2.75) is 0 Å². The van der Waals surface area contributed by atoms with Crippen LogP contribution in [0.3, 0.4) is 0 Å². The van der Waals surface area contributed by atoms with Gasteiger partial charge in [0.2, 0.25) is 0 Å². The first-order valence-corrected chi connectivity index (χ1v) is 0. The Hall–Kier alpha value is 5.36. The molecule has 0 aromatic rings. The van der Waals surface area contributed by atoms with Crippen LogP contribution in [0.4, 0.5) is 0 Å². The van der Waals surface area contributed by atoms with Crippen LogP contribution in [-0.2, 0) is 165 Å². The van der Waals surface area contributed by atoms with Crippen molar-refractivity contribution in [2.24, 2.45) is 0 Å². The molecule has 0 aromatic heterocycles. The molecule has 0 saturated heterocycles. The van der Waals surface area contributed by atoms with Crippen LogP contribution in [-0.4, -0.2) is 0 Å². The van der Waals surface area contributed by atoms with Gasteiger partial charge in [0.05, 0.1) is 0 Å². The molecule has 8 heavy (non-hydrogen) atoms. The molecular weight excluding hydrogens is 1190 g/mol. The zero-order chi connectivity index (χ0) is 0. The summed E-state index contributed by atoms with van der Waals surface area (Å²) >= 11 is 0. The van der Waals surface area contributed by atoms with Crippen molar-refractivity contribution in [1.82, 2.24) is 0 Å². The third kappa shape index (κ3) is 42.4. The molecule has 0 heterocycles. The van der Waals surface area contributed by atoms with Crippen molar-refractivity contribution < 1.29 is 165 Å². The van der Waals surface area contributed by atoms with E-state index in [1.807, 2.05) is 0 Å². The molecule has 76 valence electrons. The Labute approximate surface area is 161 Å². The molecule has 0 aromatic carbocycles. The molecule has 0 aliphatic rings. The van der Waals surface area contributed by atoms with Crippen LogP contribution < -0.4 is 0 Å². The smallest absolute Gasteiger partial charge is 0 e. The first-order valence-electron chi connectivity index (χ1n) is 0. The Balaban J connectivity index is 0. The number of rotatable bonds is 0. The van der Waals surface area contributed by atoms with Crippen LogP contribution in [0, 0.1) is 0 Å². The zero-order valence-electron chi connectivity index (χ0n) is 2.61. The van der Waals surface area contributed by atoms with E-state index in [2.05, 4.69) is 0 Å². The van der Waals surface area contributed by atoms with Gasteiger partial charge in [-0.05, 0) is 0 Å². The summed E-state index contributed by atoms with van der Waals surface area (Å²) in [5.41, 5.74) is 0. The minimum absolute atomic E-state index is 0. The van der Waals surface area contributed by atoms with Gasteiger partial charge >= 0.3 is 0 Å². The summed E-state index contributed by atoms with van der Waals surface area (Å²) in [6.45, 7) is 0. The average Bonchev–Trinajstić information content (AvgIpc) is 0. The van der Waals surface area contributed by atoms with Crippen molar-refractivity contribution in [1.29, 1.82) is 0 Å². The van der Waals surface area contributed by atoms with Crippen molar-refractivity contribution >= 4 is 0 Å². The van der Waals surface area contributed by atoms with Crippen molar-refractivity contribution in [3.63, 3.8) is 0 Å². The summed E-state index contributed by atoms with van der Waals surface area (Å²) < 4.78 is 0. The zero-order valence-corrected chi connectivity index (χ0v) is 18.4. The van der Waals surface area contributed by atoms with E-state index in [0.29, 0.717) is 0 Å². The summed E-state index contributed by atoms with van der Waals surface area (Å²) in [6.07, 6.45) is 0. The molecule has 0 fully saturated rings. The van der Waals surface area contributed by atoms with Crippen molar-refractivity contribution in [3.05, 3.63) is 0 Å². The molecule has 0 aliphatic carbocycles. The van der Waals surface area contributed by atoms with Crippen LogP contribution in [0.1, 0.15) is 0 Å².